The largest absolute Gasteiger partial charge is 0.454 e. The van der Waals surface area contributed by atoms with Gasteiger partial charge in [-0.3, -0.25) is 9.69 Å². The van der Waals surface area contributed by atoms with Crippen LogP contribution in [0.4, 0.5) is 0 Å². The molecule has 1 aromatic heterocycles. The second-order valence-electron chi connectivity index (χ2n) is 8.39. The van der Waals surface area contributed by atoms with Crippen LogP contribution in [0.1, 0.15) is 32.1 Å². The van der Waals surface area contributed by atoms with E-state index in [-0.39, 0.29) is 24.0 Å². The lowest BCUT2D eigenvalue weighted by atomic mass is 9.79. The highest BCUT2D eigenvalue weighted by Gasteiger charge is 2.38. The molecule has 0 radical (unpaired) electrons. The van der Waals surface area contributed by atoms with Gasteiger partial charge in [-0.1, -0.05) is 31.0 Å². The summed E-state index contributed by atoms with van der Waals surface area (Å²) >= 11 is 1.25. The van der Waals surface area contributed by atoms with Crippen LogP contribution in [0.3, 0.4) is 0 Å². The molecule has 2 aromatic rings. The van der Waals surface area contributed by atoms with Crippen LogP contribution in [0.2, 0.25) is 0 Å². The topological polar surface area (TPSA) is 99.0 Å². The SMILES string of the molecule is O=C(CSc1nnc(-c2ccc3c(c2)OCO3)o1)NCC1(N2CCOCC2)CCCCC1. The quantitative estimate of drug-likeness (QED) is 0.625. The highest BCUT2D eigenvalue weighted by Crippen LogP contribution is 2.36. The van der Waals surface area contributed by atoms with Gasteiger partial charge in [-0.15, -0.1) is 10.2 Å². The number of carbonyl (C=O) groups is 1. The van der Waals surface area contributed by atoms with Crippen LogP contribution in [0.25, 0.3) is 11.5 Å². The maximum absolute atomic E-state index is 12.6. The fraction of sp³-hybridized carbons (Fsp3) is 0.591. The molecule has 1 saturated heterocycles. The highest BCUT2D eigenvalue weighted by atomic mass is 32.2. The van der Waals surface area contributed by atoms with Crippen molar-refractivity contribution in [2.75, 3.05) is 45.4 Å². The fourth-order valence-corrected chi connectivity index (χ4v) is 5.30. The van der Waals surface area contributed by atoms with Gasteiger partial charge in [0.25, 0.3) is 5.22 Å². The number of amides is 1. The Hall–Kier alpha value is -2.30. The minimum Gasteiger partial charge on any atom is -0.454 e. The van der Waals surface area contributed by atoms with Crippen molar-refractivity contribution in [2.45, 2.75) is 42.9 Å². The number of hydrogen-bond acceptors (Lipinski definition) is 9. The molecular formula is C22H28N4O5S. The van der Waals surface area contributed by atoms with E-state index in [1.54, 1.807) is 0 Å². The summed E-state index contributed by atoms with van der Waals surface area (Å²) in [5, 5.41) is 11.7. The molecule has 10 heteroatoms. The summed E-state index contributed by atoms with van der Waals surface area (Å²) in [6, 6.07) is 5.47. The normalized spacial score (nSPS) is 20.2. The number of aromatic nitrogens is 2. The van der Waals surface area contributed by atoms with Gasteiger partial charge < -0.3 is 23.9 Å². The van der Waals surface area contributed by atoms with Gasteiger partial charge in [0.15, 0.2) is 11.5 Å². The molecule has 0 atom stereocenters. The Morgan fingerprint density at radius 3 is 2.75 bits per heavy atom. The number of nitrogens with zero attached hydrogens (tertiary/aromatic N) is 3. The van der Waals surface area contributed by atoms with Crippen LogP contribution in [0.5, 0.6) is 11.5 Å². The summed E-state index contributed by atoms with van der Waals surface area (Å²) in [5.74, 6) is 1.97. The van der Waals surface area contributed by atoms with Gasteiger partial charge in [-0.25, -0.2) is 0 Å². The molecule has 32 heavy (non-hydrogen) atoms. The molecule has 9 nitrogen and oxygen atoms in total. The van der Waals surface area contributed by atoms with Gasteiger partial charge in [0, 0.05) is 30.7 Å². The molecule has 172 valence electrons. The minimum atomic E-state index is -0.0176. The van der Waals surface area contributed by atoms with Gasteiger partial charge >= 0.3 is 0 Å². The zero-order chi connectivity index (χ0) is 21.8. The van der Waals surface area contributed by atoms with E-state index in [1.807, 2.05) is 18.2 Å². The van der Waals surface area contributed by atoms with E-state index in [4.69, 9.17) is 18.6 Å². The third kappa shape index (κ3) is 4.72. The maximum Gasteiger partial charge on any atom is 0.277 e. The number of carbonyl (C=O) groups excluding carboxylic acids is 1. The Morgan fingerprint density at radius 2 is 1.91 bits per heavy atom. The van der Waals surface area contributed by atoms with Crippen molar-refractivity contribution >= 4 is 17.7 Å². The number of benzene rings is 1. The lowest BCUT2D eigenvalue weighted by Gasteiger charge is -2.48. The number of fused-ring (bicyclic) bond motifs is 1. The first kappa shape index (κ1) is 21.5. The lowest BCUT2D eigenvalue weighted by molar-refractivity contribution is -0.119. The monoisotopic (exact) mass is 460 g/mol. The molecule has 2 aliphatic heterocycles. The van der Waals surface area contributed by atoms with Crippen molar-refractivity contribution in [3.05, 3.63) is 18.2 Å². The number of nitrogens with one attached hydrogen (secondary N) is 1. The molecule has 3 aliphatic rings. The standard InChI is InChI=1S/C22H28N4O5S/c27-19(23-14-22(6-2-1-3-7-22)26-8-10-28-11-9-26)13-32-21-25-24-20(31-21)16-4-5-17-18(12-16)30-15-29-17/h4-5,12H,1-3,6-11,13-15H2,(H,23,27). The van der Waals surface area contributed by atoms with E-state index in [1.165, 1.54) is 31.0 Å². The zero-order valence-corrected chi connectivity index (χ0v) is 18.8. The maximum atomic E-state index is 12.6. The lowest BCUT2D eigenvalue weighted by Crippen LogP contribution is -2.59. The van der Waals surface area contributed by atoms with Gasteiger partial charge in [0.2, 0.25) is 18.6 Å². The van der Waals surface area contributed by atoms with E-state index in [0.717, 1.165) is 44.7 Å². The van der Waals surface area contributed by atoms with Crippen LogP contribution in [0.15, 0.2) is 27.8 Å². The second kappa shape index (κ2) is 9.68. The minimum absolute atomic E-state index is 0.0176. The van der Waals surface area contributed by atoms with E-state index < -0.39 is 0 Å². The van der Waals surface area contributed by atoms with Gasteiger partial charge in [-0.2, -0.15) is 0 Å². The summed E-state index contributed by atoms with van der Waals surface area (Å²) in [6.07, 6.45) is 5.96. The number of ether oxygens (including phenoxy) is 3. The molecule has 3 heterocycles. The molecule has 0 unspecified atom stereocenters. The van der Waals surface area contributed by atoms with Gasteiger partial charge in [-0.05, 0) is 31.0 Å². The predicted molar refractivity (Wildman–Crippen MR) is 118 cm³/mol. The molecule has 5 rings (SSSR count). The van der Waals surface area contributed by atoms with E-state index in [2.05, 4.69) is 20.4 Å². The van der Waals surface area contributed by atoms with Crippen LogP contribution in [0, 0.1) is 0 Å². The second-order valence-corrected chi connectivity index (χ2v) is 9.32. The number of thioether (sulfide) groups is 1. The first-order chi connectivity index (χ1) is 15.7. The smallest absolute Gasteiger partial charge is 0.277 e. The molecule has 0 spiro atoms. The summed E-state index contributed by atoms with van der Waals surface area (Å²) in [6.45, 7) is 4.32. The van der Waals surface area contributed by atoms with Crippen LogP contribution in [-0.4, -0.2) is 71.9 Å². The molecule has 0 bridgehead atoms. The Labute approximate surface area is 191 Å². The zero-order valence-electron chi connectivity index (χ0n) is 18.0. The van der Waals surface area contributed by atoms with E-state index in [9.17, 15) is 4.79 Å². The molecule has 1 aliphatic carbocycles. The first-order valence-corrected chi connectivity index (χ1v) is 12.2. The van der Waals surface area contributed by atoms with Crippen molar-refractivity contribution in [1.29, 1.82) is 0 Å². The fourth-order valence-electron chi connectivity index (χ4n) is 4.71. The Bertz CT molecular complexity index is 940. The number of hydrogen-bond donors (Lipinski definition) is 1. The van der Waals surface area contributed by atoms with Crippen LogP contribution in [-0.2, 0) is 9.53 Å². The summed E-state index contributed by atoms with van der Waals surface area (Å²) in [4.78, 5) is 15.1. The Balaban J connectivity index is 1.15. The third-order valence-corrected chi connectivity index (χ3v) is 7.25. The molecular weight excluding hydrogens is 432 g/mol. The average molecular weight is 461 g/mol. The molecule has 1 N–H and O–H groups in total. The summed E-state index contributed by atoms with van der Waals surface area (Å²) < 4.78 is 22.0. The van der Waals surface area contributed by atoms with Crippen LogP contribution >= 0.6 is 11.8 Å². The third-order valence-electron chi connectivity index (χ3n) is 6.43. The van der Waals surface area contributed by atoms with Crippen molar-refractivity contribution in [3.8, 4) is 23.0 Å². The van der Waals surface area contributed by atoms with Crippen molar-refractivity contribution < 1.29 is 23.4 Å². The Morgan fingerprint density at radius 1 is 1.09 bits per heavy atom. The number of rotatable bonds is 7. The summed E-state index contributed by atoms with van der Waals surface area (Å²) in [5.41, 5.74) is 0.808. The van der Waals surface area contributed by atoms with Crippen LogP contribution < -0.4 is 14.8 Å². The van der Waals surface area contributed by atoms with E-state index in [0.29, 0.717) is 29.2 Å². The number of morpholine rings is 1. The summed E-state index contributed by atoms with van der Waals surface area (Å²) in [7, 11) is 0. The molecule has 1 aromatic carbocycles. The van der Waals surface area contributed by atoms with Crippen molar-refractivity contribution in [1.82, 2.24) is 20.4 Å². The van der Waals surface area contributed by atoms with Gasteiger partial charge in [0.05, 0.1) is 19.0 Å². The van der Waals surface area contributed by atoms with E-state index >= 15 is 0 Å². The van der Waals surface area contributed by atoms with Crippen molar-refractivity contribution in [2.24, 2.45) is 0 Å². The first-order valence-electron chi connectivity index (χ1n) is 11.2. The highest BCUT2D eigenvalue weighted by molar-refractivity contribution is 7.99. The average Bonchev–Trinajstić information content (AvgIpc) is 3.52. The molecule has 2 fully saturated rings. The molecule has 1 amide bonds. The molecule has 1 saturated carbocycles. The van der Waals surface area contributed by atoms with Crippen molar-refractivity contribution in [3.63, 3.8) is 0 Å². The Kier molecular flexibility index (Phi) is 6.52. The van der Waals surface area contributed by atoms with Gasteiger partial charge in [0.1, 0.15) is 0 Å². The predicted octanol–water partition coefficient (Wildman–Crippen LogP) is 2.71.